The lowest BCUT2D eigenvalue weighted by Crippen LogP contribution is -2.43. The molecule has 1 aromatic rings. The molecule has 1 saturated carbocycles. The molecule has 0 radical (unpaired) electrons. The van der Waals surface area contributed by atoms with Gasteiger partial charge >= 0.3 is 0 Å². The lowest BCUT2D eigenvalue weighted by atomic mass is 9.97. The normalized spacial score (nSPS) is 23.2. The Kier molecular flexibility index (Phi) is 4.50. The van der Waals surface area contributed by atoms with Gasteiger partial charge < -0.3 is 15.6 Å². The smallest absolute Gasteiger partial charge is 0.229 e. The zero-order valence-electron chi connectivity index (χ0n) is 12.3. The van der Waals surface area contributed by atoms with E-state index in [9.17, 15) is 4.79 Å². The first kappa shape index (κ1) is 14.5. The Balaban J connectivity index is 1.51. The Morgan fingerprint density at radius 2 is 2.29 bits per heavy atom. The monoisotopic (exact) mass is 293 g/mol. The maximum atomic E-state index is 12.0. The van der Waals surface area contributed by atoms with Crippen molar-refractivity contribution in [2.75, 3.05) is 26.2 Å². The van der Waals surface area contributed by atoms with Crippen LogP contribution in [0.15, 0.2) is 4.52 Å². The summed E-state index contributed by atoms with van der Waals surface area (Å²) < 4.78 is 5.28. The van der Waals surface area contributed by atoms with Crippen LogP contribution < -0.4 is 11.1 Å². The summed E-state index contributed by atoms with van der Waals surface area (Å²) in [4.78, 5) is 18.7. The molecule has 116 valence electrons. The molecule has 1 aromatic heterocycles. The lowest BCUT2D eigenvalue weighted by Gasteiger charge is -2.31. The Bertz CT molecular complexity index is 485. The van der Waals surface area contributed by atoms with Crippen molar-refractivity contribution >= 4 is 5.91 Å². The highest BCUT2D eigenvalue weighted by Crippen LogP contribution is 2.38. The molecule has 1 aliphatic carbocycles. The van der Waals surface area contributed by atoms with Crippen LogP contribution in [0.4, 0.5) is 0 Å². The summed E-state index contributed by atoms with van der Waals surface area (Å²) in [6.07, 6.45) is 4.28. The minimum atomic E-state index is 0.0418. The Labute approximate surface area is 124 Å². The van der Waals surface area contributed by atoms with Gasteiger partial charge in [-0.25, -0.2) is 0 Å². The molecule has 2 aliphatic rings. The van der Waals surface area contributed by atoms with Crippen molar-refractivity contribution in [2.45, 2.75) is 38.1 Å². The summed E-state index contributed by atoms with van der Waals surface area (Å²) in [7, 11) is 0. The Morgan fingerprint density at radius 1 is 1.43 bits per heavy atom. The molecule has 1 aliphatic heterocycles. The molecule has 2 fully saturated rings. The predicted octanol–water partition coefficient (Wildman–Crippen LogP) is 0.234. The van der Waals surface area contributed by atoms with Gasteiger partial charge in [-0.05, 0) is 32.2 Å². The first-order valence-electron chi connectivity index (χ1n) is 7.79. The van der Waals surface area contributed by atoms with Crippen molar-refractivity contribution in [2.24, 2.45) is 11.7 Å². The molecule has 1 unspecified atom stereocenters. The number of nitrogens with one attached hydrogen (secondary N) is 1. The summed E-state index contributed by atoms with van der Waals surface area (Å²) in [6.45, 7) is 3.43. The summed E-state index contributed by atoms with van der Waals surface area (Å²) >= 11 is 0. The van der Waals surface area contributed by atoms with E-state index in [0.29, 0.717) is 25.6 Å². The maximum Gasteiger partial charge on any atom is 0.229 e. The molecule has 7 nitrogen and oxygen atoms in total. The molecule has 2 heterocycles. The first-order valence-corrected chi connectivity index (χ1v) is 7.79. The zero-order chi connectivity index (χ0) is 14.7. The van der Waals surface area contributed by atoms with Gasteiger partial charge in [-0.15, -0.1) is 0 Å². The standard InChI is InChI=1S/C14H23N5O2/c15-5-6-16-13(20)11-2-1-7-19(8-11)9-12-17-14(21-18-12)10-3-4-10/h10-11H,1-9,15H2,(H,16,20). The second-order valence-electron chi connectivity index (χ2n) is 5.98. The molecule has 1 atom stereocenters. The average molecular weight is 293 g/mol. The fourth-order valence-electron chi connectivity index (χ4n) is 2.78. The van der Waals surface area contributed by atoms with E-state index in [-0.39, 0.29) is 11.8 Å². The van der Waals surface area contributed by atoms with Gasteiger partial charge in [-0.2, -0.15) is 4.98 Å². The van der Waals surface area contributed by atoms with E-state index < -0.39 is 0 Å². The van der Waals surface area contributed by atoms with Crippen LogP contribution in [0.3, 0.4) is 0 Å². The second-order valence-corrected chi connectivity index (χ2v) is 5.98. The predicted molar refractivity (Wildman–Crippen MR) is 76.3 cm³/mol. The summed E-state index contributed by atoms with van der Waals surface area (Å²) in [5.41, 5.74) is 5.42. The number of hydrogen-bond donors (Lipinski definition) is 2. The third-order valence-electron chi connectivity index (χ3n) is 4.10. The molecule has 1 amide bonds. The quantitative estimate of drug-likeness (QED) is 0.779. The number of carbonyl (C=O) groups excluding carboxylic acids is 1. The number of nitrogens with zero attached hydrogens (tertiary/aromatic N) is 3. The molecular formula is C14H23N5O2. The lowest BCUT2D eigenvalue weighted by molar-refractivity contribution is -0.126. The number of amides is 1. The van der Waals surface area contributed by atoms with Crippen molar-refractivity contribution in [3.8, 4) is 0 Å². The van der Waals surface area contributed by atoms with E-state index in [0.717, 1.165) is 50.5 Å². The van der Waals surface area contributed by atoms with Gasteiger partial charge in [0.1, 0.15) is 0 Å². The molecule has 7 heteroatoms. The zero-order valence-corrected chi connectivity index (χ0v) is 12.3. The van der Waals surface area contributed by atoms with Crippen LogP contribution in [0.2, 0.25) is 0 Å². The van der Waals surface area contributed by atoms with Gasteiger partial charge in [0.05, 0.1) is 12.5 Å². The minimum Gasteiger partial charge on any atom is -0.355 e. The molecule has 0 aromatic carbocycles. The SMILES string of the molecule is NCCNC(=O)C1CCCN(Cc2noc(C3CC3)n2)C1. The summed E-state index contributed by atoms with van der Waals surface area (Å²) in [5.74, 6) is 2.15. The molecular weight excluding hydrogens is 270 g/mol. The number of carbonyl (C=O) groups is 1. The molecule has 1 saturated heterocycles. The van der Waals surface area contributed by atoms with E-state index >= 15 is 0 Å². The average Bonchev–Trinajstić information content (AvgIpc) is 3.25. The van der Waals surface area contributed by atoms with E-state index in [1.54, 1.807) is 0 Å². The molecule has 3 rings (SSSR count). The minimum absolute atomic E-state index is 0.0418. The Morgan fingerprint density at radius 3 is 3.05 bits per heavy atom. The highest BCUT2D eigenvalue weighted by molar-refractivity contribution is 5.78. The third kappa shape index (κ3) is 3.79. The third-order valence-corrected chi connectivity index (χ3v) is 4.10. The maximum absolute atomic E-state index is 12.0. The highest BCUT2D eigenvalue weighted by Gasteiger charge is 2.30. The van der Waals surface area contributed by atoms with Crippen molar-refractivity contribution in [1.29, 1.82) is 0 Å². The number of rotatable bonds is 6. The van der Waals surface area contributed by atoms with Gasteiger partial charge in [0.25, 0.3) is 0 Å². The van der Waals surface area contributed by atoms with E-state index in [2.05, 4.69) is 20.4 Å². The van der Waals surface area contributed by atoms with Crippen molar-refractivity contribution in [1.82, 2.24) is 20.4 Å². The van der Waals surface area contributed by atoms with E-state index in [4.69, 9.17) is 10.3 Å². The van der Waals surface area contributed by atoms with Crippen LogP contribution in [0.1, 0.15) is 43.3 Å². The summed E-state index contributed by atoms with van der Waals surface area (Å²) in [5, 5.41) is 6.92. The Hall–Kier alpha value is -1.47. The van der Waals surface area contributed by atoms with Crippen LogP contribution in [-0.4, -0.2) is 47.1 Å². The fraction of sp³-hybridized carbons (Fsp3) is 0.786. The van der Waals surface area contributed by atoms with Gasteiger partial charge in [0, 0.05) is 25.6 Å². The number of aromatic nitrogens is 2. The van der Waals surface area contributed by atoms with Gasteiger partial charge in [0.15, 0.2) is 5.82 Å². The molecule has 0 bridgehead atoms. The number of nitrogens with two attached hydrogens (primary N) is 1. The molecule has 3 N–H and O–H groups in total. The van der Waals surface area contributed by atoms with Crippen LogP contribution in [0, 0.1) is 5.92 Å². The molecule has 0 spiro atoms. The fourth-order valence-corrected chi connectivity index (χ4v) is 2.78. The van der Waals surface area contributed by atoms with Crippen LogP contribution in [0.25, 0.3) is 0 Å². The summed E-state index contributed by atoms with van der Waals surface area (Å²) in [6, 6.07) is 0. The van der Waals surface area contributed by atoms with Gasteiger partial charge in [-0.3, -0.25) is 9.69 Å². The largest absolute Gasteiger partial charge is 0.355 e. The van der Waals surface area contributed by atoms with E-state index in [1.807, 2.05) is 0 Å². The highest BCUT2D eigenvalue weighted by atomic mass is 16.5. The van der Waals surface area contributed by atoms with Crippen molar-refractivity contribution < 1.29 is 9.32 Å². The van der Waals surface area contributed by atoms with Gasteiger partial charge in [-0.1, -0.05) is 5.16 Å². The van der Waals surface area contributed by atoms with E-state index in [1.165, 1.54) is 0 Å². The first-order chi connectivity index (χ1) is 10.3. The van der Waals surface area contributed by atoms with Crippen LogP contribution in [-0.2, 0) is 11.3 Å². The van der Waals surface area contributed by atoms with Crippen LogP contribution >= 0.6 is 0 Å². The number of piperidine rings is 1. The van der Waals surface area contributed by atoms with Crippen molar-refractivity contribution in [3.63, 3.8) is 0 Å². The number of hydrogen-bond acceptors (Lipinski definition) is 6. The van der Waals surface area contributed by atoms with Gasteiger partial charge in [0.2, 0.25) is 11.8 Å². The number of likely N-dealkylation sites (tertiary alicyclic amines) is 1. The molecule has 21 heavy (non-hydrogen) atoms. The van der Waals surface area contributed by atoms with Crippen LogP contribution in [0.5, 0.6) is 0 Å². The second kappa shape index (κ2) is 6.53. The topological polar surface area (TPSA) is 97.3 Å². The van der Waals surface area contributed by atoms with Crippen molar-refractivity contribution in [3.05, 3.63) is 11.7 Å².